The number of aldehydes is 1. The summed E-state index contributed by atoms with van der Waals surface area (Å²) in [6, 6.07) is 0. The summed E-state index contributed by atoms with van der Waals surface area (Å²) in [4.78, 5) is 10.4. The molecule has 0 bridgehead atoms. The van der Waals surface area contributed by atoms with E-state index in [9.17, 15) is 4.79 Å². The zero-order valence-electron chi connectivity index (χ0n) is 17.2. The van der Waals surface area contributed by atoms with Crippen LogP contribution in [0.15, 0.2) is 35.5 Å². The van der Waals surface area contributed by atoms with Gasteiger partial charge in [-0.1, -0.05) is 50.1 Å². The van der Waals surface area contributed by atoms with Gasteiger partial charge in [0.15, 0.2) is 8.32 Å². The number of carbonyl (C=O) groups is 1. The second-order valence-electron chi connectivity index (χ2n) is 8.49. The van der Waals surface area contributed by atoms with Gasteiger partial charge in [-0.25, -0.2) is 0 Å². The van der Waals surface area contributed by atoms with Crippen LogP contribution >= 0.6 is 0 Å². The molecule has 2 nitrogen and oxygen atoms in total. The second-order valence-corrected chi connectivity index (χ2v) is 13.2. The van der Waals surface area contributed by atoms with Crippen molar-refractivity contribution in [2.24, 2.45) is 0 Å². The zero-order valence-corrected chi connectivity index (χ0v) is 18.2. The van der Waals surface area contributed by atoms with Crippen molar-refractivity contribution in [1.29, 1.82) is 0 Å². The minimum Gasteiger partial charge on any atom is -0.410 e. The Hall–Kier alpha value is -0.933. The van der Waals surface area contributed by atoms with E-state index < -0.39 is 8.32 Å². The number of carbonyl (C=O) groups excluding carboxylic acids is 1. The molecule has 0 saturated heterocycles. The van der Waals surface area contributed by atoms with Crippen molar-refractivity contribution in [2.45, 2.75) is 91.5 Å². The molecule has 3 heteroatoms. The van der Waals surface area contributed by atoms with E-state index in [-0.39, 0.29) is 11.1 Å². The van der Waals surface area contributed by atoms with Crippen molar-refractivity contribution in [3.8, 4) is 0 Å². The van der Waals surface area contributed by atoms with Crippen molar-refractivity contribution in [2.75, 3.05) is 0 Å². The molecule has 0 rings (SSSR count). The highest BCUT2D eigenvalue weighted by Gasteiger charge is 2.39. The van der Waals surface area contributed by atoms with Crippen molar-refractivity contribution in [1.82, 2.24) is 0 Å². The van der Waals surface area contributed by atoms with Crippen LogP contribution in [0, 0.1) is 0 Å². The Kier molecular flexibility index (Phi) is 9.75. The lowest BCUT2D eigenvalue weighted by molar-refractivity contribution is -0.104. The Morgan fingerprint density at radius 3 is 2.17 bits per heavy atom. The van der Waals surface area contributed by atoms with E-state index >= 15 is 0 Å². The first-order chi connectivity index (χ1) is 10.9. The van der Waals surface area contributed by atoms with E-state index in [2.05, 4.69) is 60.4 Å². The molecule has 0 amide bonds. The lowest BCUT2D eigenvalue weighted by Crippen LogP contribution is -2.44. The minimum atomic E-state index is -1.77. The Balaban J connectivity index is 4.62. The van der Waals surface area contributed by atoms with E-state index in [1.807, 2.05) is 6.92 Å². The Morgan fingerprint density at radius 2 is 1.71 bits per heavy atom. The molecule has 138 valence electrons. The van der Waals surface area contributed by atoms with Gasteiger partial charge in [-0.3, -0.25) is 4.79 Å². The summed E-state index contributed by atoms with van der Waals surface area (Å²) < 4.78 is 6.55. The summed E-state index contributed by atoms with van der Waals surface area (Å²) in [5.74, 6) is 0. The highest BCUT2D eigenvalue weighted by molar-refractivity contribution is 6.74. The summed E-state index contributed by atoms with van der Waals surface area (Å²) >= 11 is 0. The molecule has 1 atom stereocenters. The SMILES string of the molecule is C=C(C)C(CCC(C)=CCCC(C)=CC=O)O[Si](C)(C)C(C)(C)C. The fourth-order valence-electron chi connectivity index (χ4n) is 2.14. The monoisotopic (exact) mass is 350 g/mol. The second kappa shape index (κ2) is 10.1. The molecule has 0 spiro atoms. The molecule has 0 N–H and O–H groups in total. The largest absolute Gasteiger partial charge is 0.410 e. The Labute approximate surface area is 151 Å². The number of allylic oxidation sites excluding steroid dienone is 4. The van der Waals surface area contributed by atoms with Crippen molar-refractivity contribution in [3.05, 3.63) is 35.5 Å². The molecule has 0 fully saturated rings. The summed E-state index contributed by atoms with van der Waals surface area (Å²) in [7, 11) is -1.77. The summed E-state index contributed by atoms with van der Waals surface area (Å²) in [5, 5.41) is 0.216. The quantitative estimate of drug-likeness (QED) is 0.192. The first-order valence-corrected chi connectivity index (χ1v) is 11.9. The summed E-state index contributed by atoms with van der Waals surface area (Å²) in [6.07, 6.45) is 8.89. The predicted octanol–water partition coefficient (Wildman–Crippen LogP) is 6.60. The molecule has 0 heterocycles. The van der Waals surface area contributed by atoms with E-state index in [0.717, 1.165) is 43.1 Å². The molecule has 1 unspecified atom stereocenters. The highest BCUT2D eigenvalue weighted by atomic mass is 28.4. The summed E-state index contributed by atoms with van der Waals surface area (Å²) in [5.41, 5.74) is 3.64. The fourth-order valence-corrected chi connectivity index (χ4v) is 3.53. The number of rotatable bonds is 10. The van der Waals surface area contributed by atoms with Gasteiger partial charge in [0.25, 0.3) is 0 Å². The third-order valence-corrected chi connectivity index (χ3v) is 9.46. The standard InChI is InChI=1S/C21H38O2Si/c1-17(2)20(23-24(8,9)21(5,6)7)14-13-18(3)11-10-12-19(4)15-16-22/h11,15-16,20H,1,10,12-14H2,2-9H3. The van der Waals surface area contributed by atoms with Gasteiger partial charge in [0, 0.05) is 0 Å². The summed E-state index contributed by atoms with van der Waals surface area (Å²) in [6.45, 7) is 21.8. The van der Waals surface area contributed by atoms with Gasteiger partial charge in [0.1, 0.15) is 6.29 Å². The van der Waals surface area contributed by atoms with Gasteiger partial charge in [-0.05, 0) is 70.7 Å². The number of hydrogen-bond acceptors (Lipinski definition) is 2. The van der Waals surface area contributed by atoms with E-state index in [1.165, 1.54) is 5.57 Å². The smallest absolute Gasteiger partial charge is 0.192 e. The molecule has 0 saturated carbocycles. The lowest BCUT2D eigenvalue weighted by Gasteiger charge is -2.39. The van der Waals surface area contributed by atoms with Crippen molar-refractivity contribution >= 4 is 14.6 Å². The zero-order chi connectivity index (χ0) is 19.0. The molecule has 0 aliphatic heterocycles. The van der Waals surface area contributed by atoms with Gasteiger partial charge >= 0.3 is 0 Å². The molecular weight excluding hydrogens is 312 g/mol. The van der Waals surface area contributed by atoms with Crippen LogP contribution in [0.5, 0.6) is 0 Å². The van der Waals surface area contributed by atoms with Crippen LogP contribution in [0.25, 0.3) is 0 Å². The molecule has 0 aliphatic rings. The maximum atomic E-state index is 10.4. The normalized spacial score (nSPS) is 15.3. The van der Waals surface area contributed by atoms with Crippen LogP contribution in [0.1, 0.15) is 67.2 Å². The average molecular weight is 351 g/mol. The Bertz CT molecular complexity index is 479. The average Bonchev–Trinajstić information content (AvgIpc) is 2.42. The first-order valence-electron chi connectivity index (χ1n) is 9.00. The van der Waals surface area contributed by atoms with Crippen LogP contribution in [0.4, 0.5) is 0 Å². The maximum Gasteiger partial charge on any atom is 0.192 e. The van der Waals surface area contributed by atoms with Gasteiger partial charge in [-0.15, -0.1) is 0 Å². The molecule has 0 aromatic carbocycles. The predicted molar refractivity (Wildman–Crippen MR) is 109 cm³/mol. The third-order valence-electron chi connectivity index (χ3n) is 4.98. The van der Waals surface area contributed by atoms with Crippen LogP contribution in [0.3, 0.4) is 0 Å². The Morgan fingerprint density at radius 1 is 1.12 bits per heavy atom. The molecule has 24 heavy (non-hydrogen) atoms. The van der Waals surface area contributed by atoms with Gasteiger partial charge in [0.05, 0.1) is 6.10 Å². The lowest BCUT2D eigenvalue weighted by atomic mass is 10.0. The molecule has 0 aromatic rings. The molecular formula is C21H38O2Si. The first kappa shape index (κ1) is 23.1. The van der Waals surface area contributed by atoms with Crippen LogP contribution < -0.4 is 0 Å². The topological polar surface area (TPSA) is 26.3 Å². The molecule has 0 radical (unpaired) electrons. The highest BCUT2D eigenvalue weighted by Crippen LogP contribution is 2.38. The van der Waals surface area contributed by atoms with E-state index in [0.29, 0.717) is 0 Å². The fraction of sp³-hybridized carbons (Fsp3) is 0.667. The van der Waals surface area contributed by atoms with Crippen molar-refractivity contribution < 1.29 is 9.22 Å². The maximum absolute atomic E-state index is 10.4. The third kappa shape index (κ3) is 8.79. The van der Waals surface area contributed by atoms with E-state index in [4.69, 9.17) is 4.43 Å². The van der Waals surface area contributed by atoms with Crippen molar-refractivity contribution in [3.63, 3.8) is 0 Å². The number of hydrogen-bond donors (Lipinski definition) is 0. The van der Waals surface area contributed by atoms with Crippen LogP contribution in [-0.2, 0) is 9.22 Å². The van der Waals surface area contributed by atoms with Gasteiger partial charge in [0.2, 0.25) is 0 Å². The van der Waals surface area contributed by atoms with E-state index in [1.54, 1.807) is 6.08 Å². The minimum absolute atomic E-state index is 0.144. The van der Waals surface area contributed by atoms with Gasteiger partial charge < -0.3 is 4.43 Å². The van der Waals surface area contributed by atoms with Gasteiger partial charge in [-0.2, -0.15) is 0 Å². The molecule has 0 aliphatic carbocycles. The molecule has 0 aromatic heterocycles. The van der Waals surface area contributed by atoms with Crippen LogP contribution in [-0.4, -0.2) is 20.7 Å². The van der Waals surface area contributed by atoms with Crippen LogP contribution in [0.2, 0.25) is 18.1 Å².